The Morgan fingerprint density at radius 1 is 1.18 bits per heavy atom. The zero-order chi connectivity index (χ0) is 27.0. The molecule has 6 N–H and O–H groups in total. The number of hydrogen-bond donors (Lipinski definition) is 4. The summed E-state index contributed by atoms with van der Waals surface area (Å²) in [5.41, 5.74) is 16.9. The predicted molar refractivity (Wildman–Crippen MR) is 147 cm³/mol. The van der Waals surface area contributed by atoms with Gasteiger partial charge in [0.1, 0.15) is 11.7 Å². The summed E-state index contributed by atoms with van der Waals surface area (Å²) in [5, 5.41) is 18.3. The Hall–Kier alpha value is -3.69. The third-order valence-electron chi connectivity index (χ3n) is 7.05. The number of phenols is 1. The summed E-state index contributed by atoms with van der Waals surface area (Å²) in [5.74, 6) is -1.43. The summed E-state index contributed by atoms with van der Waals surface area (Å²) < 4.78 is 29.9. The van der Waals surface area contributed by atoms with Gasteiger partial charge in [0.2, 0.25) is 0 Å². The van der Waals surface area contributed by atoms with E-state index in [-0.39, 0.29) is 34.4 Å². The fourth-order valence-corrected chi connectivity index (χ4v) is 5.11. The van der Waals surface area contributed by atoms with Crippen LogP contribution in [-0.4, -0.2) is 32.6 Å². The van der Waals surface area contributed by atoms with Crippen molar-refractivity contribution >= 4 is 34.3 Å². The predicted octanol–water partition coefficient (Wildman–Crippen LogP) is 5.92. The van der Waals surface area contributed by atoms with Crippen LogP contribution in [0.3, 0.4) is 0 Å². The fourth-order valence-electron chi connectivity index (χ4n) is 4.95. The third kappa shape index (κ3) is 5.16. The van der Waals surface area contributed by atoms with E-state index in [1.807, 2.05) is 19.2 Å². The van der Waals surface area contributed by atoms with Crippen LogP contribution in [0.15, 0.2) is 53.8 Å². The molecule has 10 heteroatoms. The molecule has 0 bridgehead atoms. The summed E-state index contributed by atoms with van der Waals surface area (Å²) in [6.45, 7) is 1.94. The molecule has 7 nitrogen and oxygen atoms in total. The number of aromatic nitrogens is 2. The van der Waals surface area contributed by atoms with Crippen molar-refractivity contribution < 1.29 is 13.9 Å². The van der Waals surface area contributed by atoms with Gasteiger partial charge in [-0.2, -0.15) is 5.10 Å². The summed E-state index contributed by atoms with van der Waals surface area (Å²) in [6, 6.07) is 8.93. The molecule has 5 rings (SSSR count). The first-order chi connectivity index (χ1) is 18.2. The molecule has 1 saturated carbocycles. The second-order valence-electron chi connectivity index (χ2n) is 9.65. The average molecular weight is 539 g/mol. The molecule has 0 amide bonds. The van der Waals surface area contributed by atoms with Gasteiger partial charge in [-0.25, -0.2) is 18.3 Å². The number of hydrogen-bond acceptors (Lipinski definition) is 5. The van der Waals surface area contributed by atoms with Crippen molar-refractivity contribution in [1.82, 2.24) is 9.61 Å². The van der Waals surface area contributed by atoms with E-state index in [0.717, 1.165) is 36.8 Å². The van der Waals surface area contributed by atoms with Crippen molar-refractivity contribution in [2.45, 2.75) is 51.1 Å². The molecular weight excluding hydrogens is 510 g/mol. The number of nitrogens with two attached hydrogens (primary N) is 2. The van der Waals surface area contributed by atoms with Gasteiger partial charge in [0.05, 0.1) is 33.7 Å². The van der Waals surface area contributed by atoms with Gasteiger partial charge in [-0.3, -0.25) is 0 Å². The molecule has 2 aromatic carbocycles. The third-order valence-corrected chi connectivity index (χ3v) is 7.37. The molecule has 1 aliphatic carbocycles. The van der Waals surface area contributed by atoms with Gasteiger partial charge in [-0.1, -0.05) is 18.5 Å². The number of halogens is 3. The molecule has 38 heavy (non-hydrogen) atoms. The van der Waals surface area contributed by atoms with Gasteiger partial charge in [0.15, 0.2) is 11.6 Å². The van der Waals surface area contributed by atoms with Crippen LogP contribution in [0.1, 0.15) is 43.7 Å². The molecule has 4 aromatic rings. The van der Waals surface area contributed by atoms with Gasteiger partial charge in [-0.05, 0) is 73.6 Å². The highest BCUT2D eigenvalue weighted by atomic mass is 35.5. The van der Waals surface area contributed by atoms with E-state index < -0.39 is 11.6 Å². The average Bonchev–Trinajstić information content (AvgIpc) is 3.33. The van der Waals surface area contributed by atoms with Gasteiger partial charge in [-0.15, -0.1) is 0 Å². The summed E-state index contributed by atoms with van der Waals surface area (Å²) >= 11 is 6.23. The molecule has 0 saturated heterocycles. The number of amidine groups is 1. The molecule has 2 heterocycles. The van der Waals surface area contributed by atoms with Gasteiger partial charge in [0.25, 0.3) is 0 Å². The van der Waals surface area contributed by atoms with Crippen LogP contribution in [0.5, 0.6) is 5.75 Å². The van der Waals surface area contributed by atoms with Crippen LogP contribution < -0.4 is 16.8 Å². The Labute approximate surface area is 224 Å². The number of anilines is 1. The lowest BCUT2D eigenvalue weighted by molar-refractivity contribution is 0.411. The molecule has 0 spiro atoms. The quantitative estimate of drug-likeness (QED) is 0.180. The second kappa shape index (κ2) is 10.6. The van der Waals surface area contributed by atoms with Crippen LogP contribution in [0.4, 0.5) is 20.2 Å². The van der Waals surface area contributed by atoms with E-state index in [1.165, 1.54) is 30.3 Å². The van der Waals surface area contributed by atoms with Crippen molar-refractivity contribution in [2.24, 2.45) is 16.5 Å². The SMILES string of the molecule is CCc1cc(O)c(F)cc1-c1cc2c(NC3CCC(N)CC3)c(C(N)=Nc3cc(F)ccc3Cl)cnn2c1. The molecule has 1 fully saturated rings. The van der Waals surface area contributed by atoms with E-state index in [2.05, 4.69) is 15.4 Å². The minimum absolute atomic E-state index is 0.121. The maximum absolute atomic E-state index is 14.3. The Morgan fingerprint density at radius 3 is 2.68 bits per heavy atom. The molecule has 0 unspecified atom stereocenters. The van der Waals surface area contributed by atoms with Gasteiger partial charge < -0.3 is 21.9 Å². The number of rotatable bonds is 6. The van der Waals surface area contributed by atoms with E-state index in [9.17, 15) is 13.9 Å². The Morgan fingerprint density at radius 2 is 1.95 bits per heavy atom. The Bertz CT molecular complexity index is 1530. The number of aliphatic imine (C=N–C) groups is 1. The zero-order valence-electron chi connectivity index (χ0n) is 20.9. The molecule has 198 valence electrons. The number of aryl methyl sites for hydroxylation is 1. The van der Waals surface area contributed by atoms with Crippen LogP contribution >= 0.6 is 11.6 Å². The molecule has 0 atom stereocenters. The lowest BCUT2D eigenvalue weighted by atomic mass is 9.91. The lowest BCUT2D eigenvalue weighted by Gasteiger charge is -2.28. The van der Waals surface area contributed by atoms with E-state index in [0.29, 0.717) is 28.8 Å². The van der Waals surface area contributed by atoms with Gasteiger partial charge >= 0.3 is 0 Å². The highest BCUT2D eigenvalue weighted by Gasteiger charge is 2.23. The van der Waals surface area contributed by atoms with Crippen molar-refractivity contribution in [3.05, 3.63) is 76.6 Å². The zero-order valence-corrected chi connectivity index (χ0v) is 21.6. The van der Waals surface area contributed by atoms with E-state index in [1.54, 1.807) is 10.7 Å². The Kier molecular flexibility index (Phi) is 7.23. The highest BCUT2D eigenvalue weighted by Crippen LogP contribution is 2.35. The second-order valence-corrected chi connectivity index (χ2v) is 10.1. The van der Waals surface area contributed by atoms with Crippen LogP contribution in [-0.2, 0) is 6.42 Å². The standard InChI is InChI=1S/C28H29ClF2N6O/c1-2-15-10-26(38)23(31)12-20(15)16-9-25-27(35-19-6-4-18(32)5-7-19)21(13-34-37(25)14-16)28(33)36-24-11-17(30)3-8-22(24)29/h3,8-14,18-19,35,38H,2,4-7,32H2,1H3,(H2,33,36). The van der Waals surface area contributed by atoms with E-state index in [4.69, 9.17) is 23.1 Å². The summed E-state index contributed by atoms with van der Waals surface area (Å²) in [4.78, 5) is 4.41. The number of fused-ring (bicyclic) bond motifs is 1. The molecule has 2 aromatic heterocycles. The number of nitrogens with one attached hydrogen (secondary N) is 1. The maximum Gasteiger partial charge on any atom is 0.165 e. The number of nitrogens with zero attached hydrogens (tertiary/aromatic N) is 3. The van der Waals surface area contributed by atoms with E-state index >= 15 is 0 Å². The molecule has 0 aliphatic heterocycles. The fraction of sp³-hybridized carbons (Fsp3) is 0.286. The van der Waals surface area contributed by atoms with Crippen LogP contribution in [0.2, 0.25) is 5.02 Å². The van der Waals surface area contributed by atoms with Crippen molar-refractivity contribution in [2.75, 3.05) is 5.32 Å². The number of aromatic hydroxyl groups is 1. The van der Waals surface area contributed by atoms with Gasteiger partial charge in [0, 0.05) is 29.9 Å². The molecule has 1 aliphatic rings. The first-order valence-electron chi connectivity index (χ1n) is 12.6. The van der Waals surface area contributed by atoms with Crippen LogP contribution in [0.25, 0.3) is 16.6 Å². The maximum atomic E-state index is 14.3. The topological polar surface area (TPSA) is 114 Å². The van der Waals surface area contributed by atoms with Crippen LogP contribution in [0, 0.1) is 11.6 Å². The van der Waals surface area contributed by atoms with Crippen molar-refractivity contribution in [3.8, 4) is 16.9 Å². The van der Waals surface area contributed by atoms with Crippen molar-refractivity contribution in [1.29, 1.82) is 0 Å². The minimum atomic E-state index is -0.693. The highest BCUT2D eigenvalue weighted by molar-refractivity contribution is 6.33. The number of benzene rings is 2. The molecule has 0 radical (unpaired) electrons. The largest absolute Gasteiger partial charge is 0.505 e. The van der Waals surface area contributed by atoms with Crippen molar-refractivity contribution in [3.63, 3.8) is 0 Å². The summed E-state index contributed by atoms with van der Waals surface area (Å²) in [7, 11) is 0. The number of phenolic OH excluding ortho intramolecular Hbond substituents is 1. The minimum Gasteiger partial charge on any atom is -0.505 e. The summed E-state index contributed by atoms with van der Waals surface area (Å²) in [6.07, 6.45) is 7.58. The Balaban J connectivity index is 1.65. The smallest absolute Gasteiger partial charge is 0.165 e. The lowest BCUT2D eigenvalue weighted by Crippen LogP contribution is -2.33. The monoisotopic (exact) mass is 538 g/mol. The normalized spacial score (nSPS) is 18.2. The first kappa shape index (κ1) is 25.9. The molecular formula is C28H29ClF2N6O. The first-order valence-corrected chi connectivity index (χ1v) is 13.0.